The first-order valence-corrected chi connectivity index (χ1v) is 10.7. The molecule has 4 heteroatoms. The molecule has 0 amide bonds. The van der Waals surface area contributed by atoms with E-state index in [4.69, 9.17) is 0 Å². The Kier molecular flexibility index (Phi) is 3.99. The molecule has 1 unspecified atom stereocenters. The predicted octanol–water partition coefficient (Wildman–Crippen LogP) is 4.24. The minimum atomic E-state index is -0.280. The molecule has 0 radical (unpaired) electrons. The first-order chi connectivity index (χ1) is 12.0. The van der Waals surface area contributed by atoms with Crippen molar-refractivity contribution in [1.82, 2.24) is 0 Å². The monoisotopic (exact) mass is 355 g/mol. The fourth-order valence-corrected chi connectivity index (χ4v) is 7.11. The first kappa shape index (κ1) is 17.1. The molecule has 5 atom stereocenters. The van der Waals surface area contributed by atoms with Crippen LogP contribution in [0.5, 0.6) is 0 Å². The summed E-state index contributed by atoms with van der Waals surface area (Å²) in [5, 5.41) is 9.73. The fraction of sp³-hybridized carbons (Fsp3) is 0.667. The Balaban J connectivity index is 1.86. The number of thioether (sulfide) groups is 1. The van der Waals surface area contributed by atoms with Gasteiger partial charge in [-0.1, -0.05) is 24.1 Å². The topological polar surface area (TPSA) is 57.9 Å². The van der Waals surface area contributed by atoms with E-state index in [2.05, 4.69) is 19.1 Å². The van der Waals surface area contributed by atoms with Crippen LogP contribution in [0.25, 0.3) is 0 Å². The van der Waals surface area contributed by atoms with Crippen molar-refractivity contribution in [3.05, 3.63) is 23.3 Å². The molecule has 0 N–H and O–H groups in total. The SMILES string of the molecule is CSC(C#N)[C@]12CCC(=O)C=C1CC[C@@H]1C2=CC[C@]2(C)C(=O)CC[C@@H]12. The average Bonchev–Trinajstić information content (AvgIpc) is 2.91. The molecule has 0 spiro atoms. The van der Waals surface area contributed by atoms with Crippen LogP contribution in [0.15, 0.2) is 23.3 Å². The summed E-state index contributed by atoms with van der Waals surface area (Å²) in [7, 11) is 0. The summed E-state index contributed by atoms with van der Waals surface area (Å²) in [6.45, 7) is 2.15. The van der Waals surface area contributed by atoms with Crippen LogP contribution in [-0.4, -0.2) is 23.1 Å². The van der Waals surface area contributed by atoms with Gasteiger partial charge in [0.1, 0.15) is 11.0 Å². The van der Waals surface area contributed by atoms with Crippen LogP contribution in [0.4, 0.5) is 0 Å². The van der Waals surface area contributed by atoms with Crippen LogP contribution in [0.3, 0.4) is 0 Å². The lowest BCUT2D eigenvalue weighted by molar-refractivity contribution is -0.127. The summed E-state index contributed by atoms with van der Waals surface area (Å²) < 4.78 is 0. The Morgan fingerprint density at radius 1 is 1.28 bits per heavy atom. The Bertz CT molecular complexity index is 745. The van der Waals surface area contributed by atoms with E-state index in [1.165, 1.54) is 11.1 Å². The highest BCUT2D eigenvalue weighted by atomic mass is 32.2. The van der Waals surface area contributed by atoms with Gasteiger partial charge in [0.05, 0.1) is 6.07 Å². The minimum Gasteiger partial charge on any atom is -0.299 e. The number of allylic oxidation sites excluding steroid dienone is 4. The molecule has 0 heterocycles. The molecule has 0 aromatic heterocycles. The molecule has 0 aromatic rings. The number of hydrogen-bond donors (Lipinski definition) is 0. The van der Waals surface area contributed by atoms with Gasteiger partial charge in [-0.3, -0.25) is 9.59 Å². The molecule has 2 saturated carbocycles. The molecule has 0 aromatic carbocycles. The Morgan fingerprint density at radius 3 is 2.80 bits per heavy atom. The molecule has 4 rings (SSSR count). The number of hydrogen-bond acceptors (Lipinski definition) is 4. The molecular formula is C21H25NO2S. The van der Waals surface area contributed by atoms with Crippen molar-refractivity contribution in [3.8, 4) is 6.07 Å². The molecule has 0 aliphatic heterocycles. The van der Waals surface area contributed by atoms with Gasteiger partial charge in [-0.15, -0.1) is 11.8 Å². The van der Waals surface area contributed by atoms with E-state index in [1.54, 1.807) is 11.8 Å². The zero-order chi connectivity index (χ0) is 17.8. The van der Waals surface area contributed by atoms with Crippen molar-refractivity contribution in [1.29, 1.82) is 5.26 Å². The highest BCUT2D eigenvalue weighted by Crippen LogP contribution is 2.64. The summed E-state index contributed by atoms with van der Waals surface area (Å²) >= 11 is 1.61. The van der Waals surface area contributed by atoms with Crippen LogP contribution in [0.1, 0.15) is 51.9 Å². The smallest absolute Gasteiger partial charge is 0.155 e. The molecule has 2 fully saturated rings. The number of nitriles is 1. The molecule has 3 nitrogen and oxygen atoms in total. The van der Waals surface area contributed by atoms with Crippen molar-refractivity contribution in [2.24, 2.45) is 22.7 Å². The van der Waals surface area contributed by atoms with Crippen molar-refractivity contribution in [3.63, 3.8) is 0 Å². The second kappa shape index (κ2) is 5.84. The van der Waals surface area contributed by atoms with Gasteiger partial charge in [-0.05, 0) is 56.3 Å². The standard InChI is InChI=1S/C21H25NO2S/c1-20-9-8-17-15(16(20)5-6-18(20)24)4-3-13-11-14(23)7-10-21(13,17)19(12-22)25-2/h8,11,15-16,19H,3-7,9-10H2,1-2H3/t15-,16-,19?,20-,21+/m0/s1. The van der Waals surface area contributed by atoms with Gasteiger partial charge in [0.15, 0.2) is 5.78 Å². The molecule has 0 bridgehead atoms. The second-order valence-corrected chi connectivity index (χ2v) is 9.29. The molecule has 25 heavy (non-hydrogen) atoms. The first-order valence-electron chi connectivity index (χ1n) is 9.37. The largest absolute Gasteiger partial charge is 0.299 e. The summed E-state index contributed by atoms with van der Waals surface area (Å²) in [5.41, 5.74) is 2.08. The molecular weight excluding hydrogens is 330 g/mol. The average molecular weight is 356 g/mol. The Labute approximate surface area is 153 Å². The Hall–Kier alpha value is -1.34. The maximum Gasteiger partial charge on any atom is 0.155 e. The highest BCUT2D eigenvalue weighted by Gasteiger charge is 2.58. The third-order valence-electron chi connectivity index (χ3n) is 7.48. The quantitative estimate of drug-likeness (QED) is 0.695. The van der Waals surface area contributed by atoms with Crippen LogP contribution in [-0.2, 0) is 9.59 Å². The summed E-state index contributed by atoms with van der Waals surface area (Å²) in [6.07, 6.45) is 11.9. The zero-order valence-corrected chi connectivity index (χ0v) is 15.8. The highest BCUT2D eigenvalue weighted by molar-refractivity contribution is 7.99. The number of Topliss-reactive ketones (excluding diaryl/α,β-unsaturated/α-hetero) is 1. The van der Waals surface area contributed by atoms with Crippen molar-refractivity contribution < 1.29 is 9.59 Å². The molecule has 4 aliphatic carbocycles. The van der Waals surface area contributed by atoms with Gasteiger partial charge in [0.25, 0.3) is 0 Å². The van der Waals surface area contributed by atoms with E-state index in [1.807, 2.05) is 12.3 Å². The Morgan fingerprint density at radius 2 is 2.08 bits per heavy atom. The van der Waals surface area contributed by atoms with E-state index in [0.717, 1.165) is 32.1 Å². The number of nitrogens with zero attached hydrogens (tertiary/aromatic N) is 1. The normalized spacial score (nSPS) is 41.0. The van der Waals surface area contributed by atoms with Crippen LogP contribution < -0.4 is 0 Å². The second-order valence-electron chi connectivity index (χ2n) is 8.35. The van der Waals surface area contributed by atoms with E-state index in [0.29, 0.717) is 30.5 Å². The lowest BCUT2D eigenvalue weighted by Crippen LogP contribution is -2.49. The number of rotatable bonds is 2. The van der Waals surface area contributed by atoms with E-state index >= 15 is 0 Å². The predicted molar refractivity (Wildman–Crippen MR) is 98.9 cm³/mol. The van der Waals surface area contributed by atoms with Crippen molar-refractivity contribution >= 4 is 23.3 Å². The summed E-state index contributed by atoms with van der Waals surface area (Å²) in [4.78, 5) is 24.6. The maximum absolute atomic E-state index is 12.5. The van der Waals surface area contributed by atoms with E-state index in [-0.39, 0.29) is 21.9 Å². The molecule has 4 aliphatic rings. The van der Waals surface area contributed by atoms with E-state index < -0.39 is 0 Å². The lowest BCUT2D eigenvalue weighted by atomic mass is 9.50. The van der Waals surface area contributed by atoms with Gasteiger partial charge in [-0.2, -0.15) is 5.26 Å². The van der Waals surface area contributed by atoms with Gasteiger partial charge in [0, 0.05) is 23.7 Å². The third-order valence-corrected chi connectivity index (χ3v) is 8.46. The minimum absolute atomic E-state index is 0.151. The van der Waals surface area contributed by atoms with E-state index in [9.17, 15) is 14.9 Å². The number of carbonyl (C=O) groups excluding carboxylic acids is 2. The number of carbonyl (C=O) groups is 2. The zero-order valence-electron chi connectivity index (χ0n) is 15.0. The van der Waals surface area contributed by atoms with Gasteiger partial charge in [-0.25, -0.2) is 0 Å². The van der Waals surface area contributed by atoms with Gasteiger partial charge < -0.3 is 0 Å². The molecule has 0 saturated heterocycles. The number of fused-ring (bicyclic) bond motifs is 5. The molecule has 132 valence electrons. The lowest BCUT2D eigenvalue weighted by Gasteiger charge is -2.54. The summed E-state index contributed by atoms with van der Waals surface area (Å²) in [6, 6.07) is 2.54. The van der Waals surface area contributed by atoms with Crippen LogP contribution in [0.2, 0.25) is 0 Å². The number of ketones is 2. The summed E-state index contributed by atoms with van der Waals surface area (Å²) in [5.74, 6) is 1.44. The van der Waals surface area contributed by atoms with Gasteiger partial charge >= 0.3 is 0 Å². The van der Waals surface area contributed by atoms with Crippen LogP contribution >= 0.6 is 11.8 Å². The van der Waals surface area contributed by atoms with Crippen LogP contribution in [0, 0.1) is 34.0 Å². The third kappa shape index (κ3) is 2.18. The van der Waals surface area contributed by atoms with Crippen molar-refractivity contribution in [2.75, 3.05) is 6.26 Å². The fourth-order valence-electron chi connectivity index (χ4n) is 6.19. The van der Waals surface area contributed by atoms with Crippen molar-refractivity contribution in [2.45, 2.75) is 57.1 Å². The van der Waals surface area contributed by atoms with Gasteiger partial charge in [0.2, 0.25) is 0 Å². The maximum atomic E-state index is 12.5.